The summed E-state index contributed by atoms with van der Waals surface area (Å²) in [6.07, 6.45) is 0. The zero-order valence-corrected chi connectivity index (χ0v) is 15.0. The van der Waals surface area contributed by atoms with E-state index >= 15 is 0 Å². The van der Waals surface area contributed by atoms with Crippen molar-refractivity contribution < 1.29 is 19.0 Å². The summed E-state index contributed by atoms with van der Waals surface area (Å²) in [5.74, 6) is 1.12. The number of benzene rings is 3. The molecule has 3 aromatic rings. The van der Waals surface area contributed by atoms with Gasteiger partial charge in [0.2, 0.25) is 5.75 Å². The first-order chi connectivity index (χ1) is 12.6. The van der Waals surface area contributed by atoms with Crippen molar-refractivity contribution in [1.82, 2.24) is 0 Å². The number of Topliss-reactive ketones (excluding diaryl/α,β-unsaturated/α-hetero) is 1. The number of rotatable bonds is 6. The molecule has 4 heteroatoms. The minimum atomic E-state index is -0.195. The Bertz CT molecular complexity index is 963. The Balaban J connectivity index is 2.00. The lowest BCUT2D eigenvalue weighted by atomic mass is 9.95. The molecule has 0 aliphatic carbocycles. The van der Waals surface area contributed by atoms with Crippen LogP contribution in [0.4, 0.5) is 0 Å². The lowest BCUT2D eigenvalue weighted by Crippen LogP contribution is -2.04. The number of carbonyl (C=O) groups is 1. The molecule has 3 aromatic carbocycles. The molecule has 0 unspecified atom stereocenters. The van der Waals surface area contributed by atoms with Crippen molar-refractivity contribution in [3.8, 4) is 17.2 Å². The lowest BCUT2D eigenvalue weighted by molar-refractivity contribution is 0.105. The number of allylic oxidation sites excluding steroid dienone is 1. The Morgan fingerprint density at radius 2 is 1.38 bits per heavy atom. The van der Waals surface area contributed by atoms with Crippen molar-refractivity contribution in [2.24, 2.45) is 0 Å². The first-order valence-electron chi connectivity index (χ1n) is 8.11. The Labute approximate surface area is 152 Å². The van der Waals surface area contributed by atoms with E-state index in [4.69, 9.17) is 14.2 Å². The predicted octanol–water partition coefficient (Wildman–Crippen LogP) is 4.76. The first-order valence-corrected chi connectivity index (χ1v) is 8.11. The molecule has 0 aliphatic rings. The summed E-state index contributed by atoms with van der Waals surface area (Å²) in [6.45, 7) is 4.00. The molecule has 26 heavy (non-hydrogen) atoms. The standard InChI is InChI=1S/C22H20O4/c1-14(16-10-9-15-7-5-6-8-17(15)11-16)21(23)18-12-19(24-2)22(26-4)20(13-18)25-3/h5-13H,1H2,2-4H3. The molecular formula is C22H20O4. The van der Waals surface area contributed by atoms with Crippen LogP contribution in [0.1, 0.15) is 15.9 Å². The van der Waals surface area contributed by atoms with Gasteiger partial charge in [-0.15, -0.1) is 0 Å². The molecule has 0 atom stereocenters. The third kappa shape index (κ3) is 3.14. The van der Waals surface area contributed by atoms with Gasteiger partial charge in [-0.1, -0.05) is 43.0 Å². The monoisotopic (exact) mass is 348 g/mol. The molecule has 0 radical (unpaired) electrons. The predicted molar refractivity (Wildman–Crippen MR) is 103 cm³/mol. The third-order valence-corrected chi connectivity index (χ3v) is 4.30. The number of fused-ring (bicyclic) bond motifs is 1. The molecule has 0 fully saturated rings. The molecular weight excluding hydrogens is 328 g/mol. The van der Waals surface area contributed by atoms with Crippen LogP contribution in [0.3, 0.4) is 0 Å². The van der Waals surface area contributed by atoms with E-state index in [2.05, 4.69) is 6.58 Å². The fourth-order valence-electron chi connectivity index (χ4n) is 2.89. The van der Waals surface area contributed by atoms with Crippen LogP contribution in [0.15, 0.2) is 61.2 Å². The van der Waals surface area contributed by atoms with Gasteiger partial charge >= 0.3 is 0 Å². The Morgan fingerprint density at radius 1 is 0.769 bits per heavy atom. The molecule has 0 N–H and O–H groups in total. The van der Waals surface area contributed by atoms with Gasteiger partial charge in [-0.25, -0.2) is 0 Å². The van der Waals surface area contributed by atoms with Crippen LogP contribution in [-0.4, -0.2) is 27.1 Å². The van der Waals surface area contributed by atoms with Crippen molar-refractivity contribution in [2.45, 2.75) is 0 Å². The number of carbonyl (C=O) groups excluding carboxylic acids is 1. The zero-order valence-electron chi connectivity index (χ0n) is 15.0. The van der Waals surface area contributed by atoms with Crippen LogP contribution in [0.25, 0.3) is 16.3 Å². The van der Waals surface area contributed by atoms with E-state index in [1.54, 1.807) is 12.1 Å². The highest BCUT2D eigenvalue weighted by Crippen LogP contribution is 2.39. The molecule has 0 saturated heterocycles. The summed E-state index contributed by atoms with van der Waals surface area (Å²) in [4.78, 5) is 13.0. The lowest BCUT2D eigenvalue weighted by Gasteiger charge is -2.14. The minimum Gasteiger partial charge on any atom is -0.493 e. The fraction of sp³-hybridized carbons (Fsp3) is 0.136. The molecule has 0 heterocycles. The van der Waals surface area contributed by atoms with Crippen molar-refractivity contribution in [2.75, 3.05) is 21.3 Å². The number of ether oxygens (including phenoxy) is 3. The average molecular weight is 348 g/mol. The largest absolute Gasteiger partial charge is 0.493 e. The summed E-state index contributed by atoms with van der Waals surface area (Å²) in [5.41, 5.74) is 1.62. The second-order valence-electron chi connectivity index (χ2n) is 5.78. The Kier molecular flexibility index (Phi) is 4.94. The van der Waals surface area contributed by atoms with E-state index in [0.29, 0.717) is 28.4 Å². The van der Waals surface area contributed by atoms with Crippen LogP contribution in [0.2, 0.25) is 0 Å². The third-order valence-electron chi connectivity index (χ3n) is 4.30. The maximum Gasteiger partial charge on any atom is 0.203 e. The van der Waals surface area contributed by atoms with Gasteiger partial charge in [-0.2, -0.15) is 0 Å². The molecule has 4 nitrogen and oxygen atoms in total. The highest BCUT2D eigenvalue weighted by atomic mass is 16.5. The van der Waals surface area contributed by atoms with Crippen LogP contribution in [-0.2, 0) is 0 Å². The van der Waals surface area contributed by atoms with Crippen LogP contribution < -0.4 is 14.2 Å². The van der Waals surface area contributed by atoms with Gasteiger partial charge in [0.1, 0.15) is 0 Å². The maximum absolute atomic E-state index is 13.0. The highest BCUT2D eigenvalue weighted by molar-refractivity contribution is 6.28. The molecule has 0 spiro atoms. The topological polar surface area (TPSA) is 44.8 Å². The molecule has 132 valence electrons. The van der Waals surface area contributed by atoms with Crippen molar-refractivity contribution in [3.63, 3.8) is 0 Å². The SMILES string of the molecule is C=C(C(=O)c1cc(OC)c(OC)c(OC)c1)c1ccc2ccccc2c1. The summed E-state index contributed by atoms with van der Waals surface area (Å²) >= 11 is 0. The second kappa shape index (κ2) is 7.31. The first kappa shape index (κ1) is 17.5. The van der Waals surface area contributed by atoms with E-state index in [1.807, 2.05) is 42.5 Å². The van der Waals surface area contributed by atoms with Crippen LogP contribution >= 0.6 is 0 Å². The molecule has 0 amide bonds. The van der Waals surface area contributed by atoms with Gasteiger partial charge in [0, 0.05) is 11.1 Å². The number of methoxy groups -OCH3 is 3. The van der Waals surface area contributed by atoms with E-state index in [1.165, 1.54) is 21.3 Å². The van der Waals surface area contributed by atoms with Gasteiger partial charge in [-0.05, 0) is 34.5 Å². The second-order valence-corrected chi connectivity index (χ2v) is 5.78. The fourth-order valence-corrected chi connectivity index (χ4v) is 2.89. The van der Waals surface area contributed by atoms with Crippen molar-refractivity contribution in [1.29, 1.82) is 0 Å². The average Bonchev–Trinajstić information content (AvgIpc) is 2.70. The molecule has 0 saturated carbocycles. The van der Waals surface area contributed by atoms with E-state index < -0.39 is 0 Å². The zero-order chi connectivity index (χ0) is 18.7. The van der Waals surface area contributed by atoms with Gasteiger partial charge in [-0.3, -0.25) is 4.79 Å². The molecule has 0 bridgehead atoms. The van der Waals surface area contributed by atoms with E-state index in [-0.39, 0.29) is 5.78 Å². The number of hydrogen-bond acceptors (Lipinski definition) is 4. The number of hydrogen-bond donors (Lipinski definition) is 0. The summed E-state index contributed by atoms with van der Waals surface area (Å²) < 4.78 is 16.0. The summed E-state index contributed by atoms with van der Waals surface area (Å²) in [7, 11) is 4.56. The van der Waals surface area contributed by atoms with Crippen molar-refractivity contribution in [3.05, 3.63) is 72.3 Å². The molecule has 3 rings (SSSR count). The van der Waals surface area contributed by atoms with E-state index in [0.717, 1.165) is 16.3 Å². The van der Waals surface area contributed by atoms with Gasteiger partial charge in [0.15, 0.2) is 17.3 Å². The van der Waals surface area contributed by atoms with Crippen LogP contribution in [0.5, 0.6) is 17.2 Å². The smallest absolute Gasteiger partial charge is 0.203 e. The van der Waals surface area contributed by atoms with Gasteiger partial charge in [0.05, 0.1) is 21.3 Å². The summed E-state index contributed by atoms with van der Waals surface area (Å²) in [6, 6.07) is 17.1. The molecule has 0 aliphatic heterocycles. The van der Waals surface area contributed by atoms with E-state index in [9.17, 15) is 4.79 Å². The summed E-state index contributed by atoms with van der Waals surface area (Å²) in [5, 5.41) is 2.17. The normalized spacial score (nSPS) is 10.4. The Morgan fingerprint density at radius 3 is 1.96 bits per heavy atom. The van der Waals surface area contributed by atoms with Gasteiger partial charge in [0.25, 0.3) is 0 Å². The quantitative estimate of drug-likeness (QED) is 0.476. The molecule has 0 aromatic heterocycles. The minimum absolute atomic E-state index is 0.195. The Hall–Kier alpha value is -3.27. The highest BCUT2D eigenvalue weighted by Gasteiger charge is 2.19. The van der Waals surface area contributed by atoms with Gasteiger partial charge < -0.3 is 14.2 Å². The van der Waals surface area contributed by atoms with Crippen molar-refractivity contribution >= 4 is 22.1 Å². The maximum atomic E-state index is 13.0. The van der Waals surface area contributed by atoms with Crippen LogP contribution in [0, 0.1) is 0 Å². The number of ketones is 1.